The highest BCUT2D eigenvalue weighted by Gasteiger charge is 2.01. The molecule has 4 nitrogen and oxygen atoms in total. The molecule has 0 aliphatic rings. The fraction of sp³-hybridized carbons (Fsp3) is 0.280. The zero-order chi connectivity index (χ0) is 21.1. The second-order valence-corrected chi connectivity index (χ2v) is 7.22. The van der Waals surface area contributed by atoms with Gasteiger partial charge < -0.3 is 10.4 Å². The van der Waals surface area contributed by atoms with Crippen LogP contribution in [0.15, 0.2) is 78.3 Å². The second kappa shape index (κ2) is 11.6. The maximum Gasteiger partial charge on any atom is 0.115 e. The topological polar surface area (TPSA) is 57.5 Å². The summed E-state index contributed by atoms with van der Waals surface area (Å²) in [5.41, 5.74) is 5.02. The highest BCUT2D eigenvalue weighted by Crippen LogP contribution is 2.15. The number of phenols is 1. The highest BCUT2D eigenvalue weighted by molar-refractivity contribution is 5.85. The van der Waals surface area contributed by atoms with E-state index in [-0.39, 0.29) is 5.75 Å². The minimum atomic E-state index is 0.283. The van der Waals surface area contributed by atoms with Crippen molar-refractivity contribution in [3.63, 3.8) is 0 Å². The fourth-order valence-electron chi connectivity index (χ4n) is 2.61. The van der Waals surface area contributed by atoms with Crippen molar-refractivity contribution in [2.24, 2.45) is 10.9 Å². The Morgan fingerprint density at radius 2 is 2.03 bits per heavy atom. The van der Waals surface area contributed by atoms with E-state index >= 15 is 0 Å². The molecule has 0 radical (unpaired) electrons. The molecule has 1 aromatic heterocycles. The molecule has 1 unspecified atom stereocenters. The molecule has 0 saturated heterocycles. The van der Waals surface area contributed by atoms with Crippen molar-refractivity contribution in [3.8, 4) is 5.75 Å². The van der Waals surface area contributed by atoms with E-state index in [2.05, 4.69) is 47.9 Å². The molecule has 4 heteroatoms. The number of aliphatic imine (C=N–C) groups is 1. The van der Waals surface area contributed by atoms with E-state index in [1.807, 2.05) is 49.9 Å². The summed E-state index contributed by atoms with van der Waals surface area (Å²) in [5.74, 6) is 0.793. The lowest BCUT2D eigenvalue weighted by atomic mass is 10.1. The van der Waals surface area contributed by atoms with Crippen molar-refractivity contribution >= 4 is 11.8 Å². The zero-order valence-corrected chi connectivity index (χ0v) is 17.6. The van der Waals surface area contributed by atoms with Crippen molar-refractivity contribution in [1.29, 1.82) is 0 Å². The third-order valence-electron chi connectivity index (χ3n) is 4.61. The van der Waals surface area contributed by atoms with Crippen LogP contribution in [0.1, 0.15) is 37.0 Å². The third-order valence-corrected chi connectivity index (χ3v) is 4.61. The molecule has 29 heavy (non-hydrogen) atoms. The first-order valence-electron chi connectivity index (χ1n) is 10.0. The SMILES string of the molecule is C=C(\C=C(/C=N/C=C/C(C)CC)NCCc1ccc(O)cc1)c1cncc(C)c1. The number of nitrogens with zero attached hydrogens (tertiary/aromatic N) is 2. The first-order valence-corrected chi connectivity index (χ1v) is 10.0. The number of hydrogen-bond acceptors (Lipinski definition) is 4. The van der Waals surface area contributed by atoms with Gasteiger partial charge in [0.05, 0.1) is 5.70 Å². The van der Waals surface area contributed by atoms with Gasteiger partial charge >= 0.3 is 0 Å². The molecule has 0 saturated carbocycles. The van der Waals surface area contributed by atoms with Crippen molar-refractivity contribution in [2.45, 2.75) is 33.6 Å². The molecular weight excluding hydrogens is 358 g/mol. The van der Waals surface area contributed by atoms with Crippen LogP contribution in [0.25, 0.3) is 5.57 Å². The van der Waals surface area contributed by atoms with E-state index in [9.17, 15) is 5.11 Å². The van der Waals surface area contributed by atoms with Gasteiger partial charge in [-0.05, 0) is 65.8 Å². The van der Waals surface area contributed by atoms with E-state index in [1.54, 1.807) is 12.1 Å². The first-order chi connectivity index (χ1) is 14.0. The lowest BCUT2D eigenvalue weighted by molar-refractivity contribution is 0.475. The van der Waals surface area contributed by atoms with Gasteiger partial charge in [0.15, 0.2) is 0 Å². The molecular formula is C25H31N3O. The normalized spacial score (nSPS) is 13.1. The van der Waals surface area contributed by atoms with Crippen LogP contribution in [-0.4, -0.2) is 22.8 Å². The van der Waals surface area contributed by atoms with Crippen molar-refractivity contribution in [3.05, 3.63) is 90.0 Å². The first kappa shape index (κ1) is 22.2. The molecule has 0 amide bonds. The minimum absolute atomic E-state index is 0.283. The average Bonchev–Trinajstić information content (AvgIpc) is 2.72. The van der Waals surface area contributed by atoms with Gasteiger partial charge in [0.25, 0.3) is 0 Å². The van der Waals surface area contributed by atoms with Crippen molar-refractivity contribution < 1.29 is 5.11 Å². The number of rotatable bonds is 10. The Morgan fingerprint density at radius 3 is 2.72 bits per heavy atom. The summed E-state index contributed by atoms with van der Waals surface area (Å²) in [6.45, 7) is 11.3. The number of aryl methyl sites for hydroxylation is 1. The second-order valence-electron chi connectivity index (χ2n) is 7.22. The Labute approximate surface area is 174 Å². The van der Waals surface area contributed by atoms with Crippen LogP contribution < -0.4 is 5.32 Å². The van der Waals surface area contributed by atoms with Crippen LogP contribution in [0.4, 0.5) is 0 Å². The number of pyridine rings is 1. The smallest absolute Gasteiger partial charge is 0.115 e. The highest BCUT2D eigenvalue weighted by atomic mass is 16.3. The summed E-state index contributed by atoms with van der Waals surface area (Å²) in [4.78, 5) is 8.68. The lowest BCUT2D eigenvalue weighted by Crippen LogP contribution is -2.17. The molecule has 2 rings (SSSR count). The quantitative estimate of drug-likeness (QED) is 0.419. The average molecular weight is 390 g/mol. The summed E-state index contributed by atoms with van der Waals surface area (Å²) in [5, 5.41) is 12.8. The number of aromatic hydroxyl groups is 1. The summed E-state index contributed by atoms with van der Waals surface area (Å²) in [6, 6.07) is 9.35. The van der Waals surface area contributed by atoms with E-state index in [0.29, 0.717) is 5.92 Å². The Balaban J connectivity index is 2.09. The van der Waals surface area contributed by atoms with Crippen LogP contribution in [0.5, 0.6) is 5.75 Å². The van der Waals surface area contributed by atoms with E-state index < -0.39 is 0 Å². The molecule has 0 aliphatic heterocycles. The number of nitrogens with one attached hydrogen (secondary N) is 1. The molecule has 1 heterocycles. The van der Waals surface area contributed by atoms with Gasteiger partial charge in [0, 0.05) is 31.4 Å². The summed E-state index contributed by atoms with van der Waals surface area (Å²) in [6.07, 6.45) is 13.4. The van der Waals surface area contributed by atoms with E-state index in [4.69, 9.17) is 0 Å². The van der Waals surface area contributed by atoms with Gasteiger partial charge in [-0.2, -0.15) is 0 Å². The Hall–Kier alpha value is -3.14. The van der Waals surface area contributed by atoms with Crippen molar-refractivity contribution in [1.82, 2.24) is 10.3 Å². The Kier molecular flexibility index (Phi) is 8.90. The number of phenolic OH excluding ortho intramolecular Hbond substituents is 1. The molecule has 0 spiro atoms. The van der Waals surface area contributed by atoms with Gasteiger partial charge in [-0.1, -0.05) is 45.1 Å². The maximum atomic E-state index is 9.41. The molecule has 152 valence electrons. The lowest BCUT2D eigenvalue weighted by Gasteiger charge is -2.09. The van der Waals surface area contributed by atoms with Crippen LogP contribution in [0.3, 0.4) is 0 Å². The molecule has 2 N–H and O–H groups in total. The Morgan fingerprint density at radius 1 is 1.28 bits per heavy atom. The number of hydrogen-bond donors (Lipinski definition) is 2. The summed E-state index contributed by atoms with van der Waals surface area (Å²) < 4.78 is 0. The van der Waals surface area contributed by atoms with Crippen LogP contribution >= 0.6 is 0 Å². The predicted molar refractivity (Wildman–Crippen MR) is 123 cm³/mol. The fourth-order valence-corrected chi connectivity index (χ4v) is 2.61. The minimum Gasteiger partial charge on any atom is -0.508 e. The summed E-state index contributed by atoms with van der Waals surface area (Å²) >= 11 is 0. The van der Waals surface area contributed by atoms with Gasteiger partial charge in [-0.25, -0.2) is 0 Å². The molecule has 0 bridgehead atoms. The van der Waals surface area contributed by atoms with Crippen LogP contribution in [0, 0.1) is 12.8 Å². The monoisotopic (exact) mass is 389 g/mol. The van der Waals surface area contributed by atoms with Gasteiger partial charge in [-0.3, -0.25) is 9.98 Å². The third kappa shape index (κ3) is 8.18. The van der Waals surface area contributed by atoms with Crippen LogP contribution in [-0.2, 0) is 6.42 Å². The number of benzene rings is 1. The standard InChI is InChI=1S/C25H31N3O/c1-5-19(2)10-12-26-18-24(15-21(4)23-14-20(3)16-27-17-23)28-13-11-22-6-8-25(29)9-7-22/h6-10,12,14-19,28-29H,4-5,11,13H2,1-3H3/b12-10+,24-15+,26-18+. The van der Waals surface area contributed by atoms with Gasteiger partial charge in [-0.15, -0.1) is 0 Å². The number of allylic oxidation sites excluding steroid dienone is 4. The number of aromatic nitrogens is 1. The Bertz CT molecular complexity index is 879. The van der Waals surface area contributed by atoms with E-state index in [1.165, 1.54) is 0 Å². The van der Waals surface area contributed by atoms with Crippen molar-refractivity contribution in [2.75, 3.05) is 6.54 Å². The zero-order valence-electron chi connectivity index (χ0n) is 17.6. The van der Waals surface area contributed by atoms with Gasteiger partial charge in [0.2, 0.25) is 0 Å². The molecule has 1 atom stereocenters. The molecule has 2 aromatic rings. The van der Waals surface area contributed by atoms with Gasteiger partial charge in [0.1, 0.15) is 5.75 Å². The molecule has 0 fully saturated rings. The summed E-state index contributed by atoms with van der Waals surface area (Å²) in [7, 11) is 0. The van der Waals surface area contributed by atoms with E-state index in [0.717, 1.165) is 47.3 Å². The molecule has 0 aliphatic carbocycles. The largest absolute Gasteiger partial charge is 0.508 e. The van der Waals surface area contributed by atoms with Crippen LogP contribution in [0.2, 0.25) is 0 Å². The maximum absolute atomic E-state index is 9.41. The predicted octanol–water partition coefficient (Wildman–Crippen LogP) is 5.46. The molecule has 1 aromatic carbocycles.